The molecule has 19 heavy (non-hydrogen) atoms. The van der Waals surface area contributed by atoms with Crippen LogP contribution in [-0.2, 0) is 0 Å². The summed E-state index contributed by atoms with van der Waals surface area (Å²) in [6.07, 6.45) is 3.75. The molecule has 0 radical (unpaired) electrons. The van der Waals surface area contributed by atoms with Crippen LogP contribution in [0.15, 0.2) is 12.1 Å². The maximum Gasteiger partial charge on any atom is 0.139 e. The number of aliphatic hydroxyl groups is 1. The van der Waals surface area contributed by atoms with Crippen molar-refractivity contribution in [3.05, 3.63) is 23.4 Å². The van der Waals surface area contributed by atoms with Gasteiger partial charge in [0, 0.05) is 12.7 Å². The fourth-order valence-corrected chi connectivity index (χ4v) is 2.86. The van der Waals surface area contributed by atoms with Crippen LogP contribution in [0.3, 0.4) is 0 Å². The summed E-state index contributed by atoms with van der Waals surface area (Å²) in [6.45, 7) is 1.94. The Labute approximate surface area is 119 Å². The van der Waals surface area contributed by atoms with Crippen molar-refractivity contribution in [3.63, 3.8) is 0 Å². The van der Waals surface area contributed by atoms with Gasteiger partial charge in [0.25, 0.3) is 0 Å². The van der Waals surface area contributed by atoms with Gasteiger partial charge >= 0.3 is 0 Å². The van der Waals surface area contributed by atoms with Gasteiger partial charge in [-0.05, 0) is 31.9 Å². The van der Waals surface area contributed by atoms with Crippen LogP contribution in [0.25, 0.3) is 0 Å². The molecule has 1 aromatic heterocycles. The van der Waals surface area contributed by atoms with Gasteiger partial charge in [-0.2, -0.15) is 0 Å². The van der Waals surface area contributed by atoms with Crippen LogP contribution in [0, 0.1) is 6.92 Å². The molecule has 0 aromatic carbocycles. The molecule has 1 fully saturated rings. The zero-order valence-electron chi connectivity index (χ0n) is 11.5. The summed E-state index contributed by atoms with van der Waals surface area (Å²) in [4.78, 5) is 6.93. The number of likely N-dealkylation sites (N-methyl/N-ethyl adjacent to an activating group) is 1. The van der Waals surface area contributed by atoms with Crippen LogP contribution >= 0.6 is 12.2 Å². The molecule has 0 aliphatic heterocycles. The molecule has 3 N–H and O–H groups in total. The number of pyridine rings is 1. The first-order valence-corrected chi connectivity index (χ1v) is 7.10. The molecule has 1 aliphatic rings. The van der Waals surface area contributed by atoms with Gasteiger partial charge in [0.15, 0.2) is 0 Å². The minimum Gasteiger partial charge on any atom is -0.391 e. The van der Waals surface area contributed by atoms with Gasteiger partial charge in [-0.1, -0.05) is 25.1 Å². The van der Waals surface area contributed by atoms with Crippen LogP contribution in [0.5, 0.6) is 0 Å². The standard InChI is InChI=1S/C14H21N3OS/c1-9-7-8-10(13(15)19)14(16-9)17(2)11-5-3-4-6-12(11)18/h7-8,11-12,18H,3-6H2,1-2H3,(H2,15,19). The van der Waals surface area contributed by atoms with E-state index in [1.807, 2.05) is 31.0 Å². The average Bonchev–Trinajstić information content (AvgIpc) is 2.38. The van der Waals surface area contributed by atoms with E-state index in [2.05, 4.69) is 4.98 Å². The van der Waals surface area contributed by atoms with Crippen molar-refractivity contribution in [1.82, 2.24) is 4.98 Å². The molecule has 5 heteroatoms. The van der Waals surface area contributed by atoms with Crippen molar-refractivity contribution in [2.45, 2.75) is 44.8 Å². The molecule has 1 heterocycles. The second-order valence-electron chi connectivity index (χ2n) is 5.22. The van der Waals surface area contributed by atoms with Crippen LogP contribution < -0.4 is 10.6 Å². The van der Waals surface area contributed by atoms with Crippen molar-refractivity contribution < 1.29 is 5.11 Å². The molecule has 1 aliphatic carbocycles. The van der Waals surface area contributed by atoms with Crippen LogP contribution in [-0.4, -0.2) is 34.3 Å². The zero-order valence-corrected chi connectivity index (χ0v) is 12.3. The highest BCUT2D eigenvalue weighted by Gasteiger charge is 2.28. The van der Waals surface area contributed by atoms with Gasteiger partial charge in [0.05, 0.1) is 17.7 Å². The quantitative estimate of drug-likeness (QED) is 0.826. The molecule has 0 bridgehead atoms. The highest BCUT2D eigenvalue weighted by Crippen LogP contribution is 2.27. The van der Waals surface area contributed by atoms with Gasteiger partial charge in [0.2, 0.25) is 0 Å². The van der Waals surface area contributed by atoms with Crippen molar-refractivity contribution in [1.29, 1.82) is 0 Å². The van der Waals surface area contributed by atoms with Gasteiger partial charge < -0.3 is 15.7 Å². The molecule has 2 atom stereocenters. The summed E-state index contributed by atoms with van der Waals surface area (Å²) in [6, 6.07) is 3.91. The number of aliphatic hydroxyl groups excluding tert-OH is 1. The van der Waals surface area contributed by atoms with Gasteiger partial charge in [-0.15, -0.1) is 0 Å². The van der Waals surface area contributed by atoms with E-state index >= 15 is 0 Å². The van der Waals surface area contributed by atoms with Crippen LogP contribution in [0.2, 0.25) is 0 Å². The molecule has 1 aromatic rings. The van der Waals surface area contributed by atoms with Gasteiger partial charge in [0.1, 0.15) is 10.8 Å². The highest BCUT2D eigenvalue weighted by atomic mass is 32.1. The molecule has 4 nitrogen and oxygen atoms in total. The average molecular weight is 279 g/mol. The largest absolute Gasteiger partial charge is 0.391 e. The normalized spacial score (nSPS) is 23.1. The van der Waals surface area contributed by atoms with Gasteiger partial charge in [-0.3, -0.25) is 0 Å². The second-order valence-corrected chi connectivity index (χ2v) is 5.66. The third-order valence-electron chi connectivity index (χ3n) is 3.81. The van der Waals surface area contributed by atoms with E-state index < -0.39 is 0 Å². The van der Waals surface area contributed by atoms with E-state index in [0.29, 0.717) is 4.99 Å². The van der Waals surface area contributed by atoms with Gasteiger partial charge in [-0.25, -0.2) is 4.98 Å². The lowest BCUT2D eigenvalue weighted by Gasteiger charge is -2.36. The van der Waals surface area contributed by atoms with Crippen molar-refractivity contribution in [2.75, 3.05) is 11.9 Å². The second kappa shape index (κ2) is 5.84. The Morgan fingerprint density at radius 1 is 1.42 bits per heavy atom. The van der Waals surface area contributed by atoms with Crippen LogP contribution in [0.1, 0.15) is 36.9 Å². The number of rotatable bonds is 3. The number of aromatic nitrogens is 1. The molecule has 0 amide bonds. The number of nitrogens with zero attached hydrogens (tertiary/aromatic N) is 2. The number of thiocarbonyl (C=S) groups is 1. The van der Waals surface area contributed by atoms with E-state index in [4.69, 9.17) is 18.0 Å². The van der Waals surface area contributed by atoms with Crippen molar-refractivity contribution in [3.8, 4) is 0 Å². The third kappa shape index (κ3) is 3.04. The maximum absolute atomic E-state index is 10.2. The predicted molar refractivity (Wildman–Crippen MR) is 81.5 cm³/mol. The van der Waals surface area contributed by atoms with Crippen LogP contribution in [0.4, 0.5) is 5.82 Å². The molecular formula is C14H21N3OS. The van der Waals surface area contributed by atoms with E-state index in [9.17, 15) is 5.11 Å². The molecular weight excluding hydrogens is 258 g/mol. The molecule has 2 rings (SSSR count). The fourth-order valence-electron chi connectivity index (χ4n) is 2.70. The highest BCUT2D eigenvalue weighted by molar-refractivity contribution is 7.80. The number of hydrogen-bond acceptors (Lipinski definition) is 4. The Hall–Kier alpha value is -1.20. The third-order valence-corrected chi connectivity index (χ3v) is 4.03. The first-order valence-electron chi connectivity index (χ1n) is 6.69. The lowest BCUT2D eigenvalue weighted by atomic mass is 9.91. The fraction of sp³-hybridized carbons (Fsp3) is 0.571. The van der Waals surface area contributed by atoms with E-state index in [1.54, 1.807) is 0 Å². The Morgan fingerprint density at radius 3 is 2.74 bits per heavy atom. The SMILES string of the molecule is Cc1ccc(C(N)=S)c(N(C)C2CCCCC2O)n1. The molecule has 1 saturated carbocycles. The zero-order chi connectivity index (χ0) is 14.0. The molecule has 2 unspecified atom stereocenters. The monoisotopic (exact) mass is 279 g/mol. The lowest BCUT2D eigenvalue weighted by Crippen LogP contribution is -2.44. The first kappa shape index (κ1) is 14.2. The minimum atomic E-state index is -0.305. The Morgan fingerprint density at radius 2 is 2.11 bits per heavy atom. The summed E-state index contributed by atoms with van der Waals surface area (Å²) in [7, 11) is 1.96. The van der Waals surface area contributed by atoms with E-state index in [-0.39, 0.29) is 12.1 Å². The summed E-state index contributed by atoms with van der Waals surface area (Å²) in [5.74, 6) is 0.776. The number of aryl methyl sites for hydroxylation is 1. The lowest BCUT2D eigenvalue weighted by molar-refractivity contribution is 0.106. The topological polar surface area (TPSA) is 62.4 Å². The molecule has 0 spiro atoms. The summed E-state index contributed by atoms with van der Waals surface area (Å²) >= 11 is 5.09. The van der Waals surface area contributed by atoms with Crippen molar-refractivity contribution >= 4 is 23.0 Å². The van der Waals surface area contributed by atoms with E-state index in [0.717, 1.165) is 42.8 Å². The van der Waals surface area contributed by atoms with E-state index in [1.165, 1.54) is 0 Å². The molecule has 104 valence electrons. The number of hydrogen-bond donors (Lipinski definition) is 2. The smallest absolute Gasteiger partial charge is 0.139 e. The minimum absolute atomic E-state index is 0.0937. The Bertz CT molecular complexity index is 478. The Balaban J connectivity index is 2.34. The number of anilines is 1. The number of nitrogens with two attached hydrogens (primary N) is 1. The predicted octanol–water partition coefficient (Wildman–Crippen LogP) is 1.76. The summed E-state index contributed by atoms with van der Waals surface area (Å²) < 4.78 is 0. The van der Waals surface area contributed by atoms with Crippen molar-refractivity contribution in [2.24, 2.45) is 5.73 Å². The first-order chi connectivity index (χ1) is 9.00. The summed E-state index contributed by atoms with van der Waals surface area (Å²) in [5, 5.41) is 10.2. The Kier molecular flexibility index (Phi) is 4.37. The summed E-state index contributed by atoms with van der Waals surface area (Å²) in [5.41, 5.74) is 7.47. The maximum atomic E-state index is 10.2. The molecule has 0 saturated heterocycles.